The molecule has 1 heteroatoms. The Kier molecular flexibility index (Phi) is 4.01. The molecule has 1 aromatic carbocycles. The largest absolute Gasteiger partial charge is 0.389 e. The van der Waals surface area contributed by atoms with Crippen LogP contribution >= 0.6 is 0 Å². The van der Waals surface area contributed by atoms with Crippen molar-refractivity contribution in [1.82, 2.24) is 0 Å². The number of aryl methyl sites for hydroxylation is 1. The van der Waals surface area contributed by atoms with Crippen molar-refractivity contribution in [3.05, 3.63) is 48.6 Å². The van der Waals surface area contributed by atoms with Gasteiger partial charge in [-0.3, -0.25) is 0 Å². The Morgan fingerprint density at radius 3 is 2.82 bits per heavy atom. The second-order valence-electron chi connectivity index (χ2n) is 5.18. The van der Waals surface area contributed by atoms with Crippen molar-refractivity contribution in [3.8, 4) is 0 Å². The summed E-state index contributed by atoms with van der Waals surface area (Å²) < 4.78 is 0. The van der Waals surface area contributed by atoms with E-state index in [9.17, 15) is 5.11 Å². The van der Waals surface area contributed by atoms with Crippen molar-refractivity contribution in [2.75, 3.05) is 0 Å². The van der Waals surface area contributed by atoms with Gasteiger partial charge in [0, 0.05) is 5.92 Å². The lowest BCUT2D eigenvalue weighted by Gasteiger charge is -2.28. The Labute approximate surface area is 104 Å². The Bertz CT molecular complexity index is 357. The normalized spacial score (nSPS) is 28.2. The van der Waals surface area contributed by atoms with Crippen molar-refractivity contribution in [2.24, 2.45) is 5.92 Å². The van der Waals surface area contributed by atoms with Crippen LogP contribution in [0.4, 0.5) is 0 Å². The first kappa shape index (κ1) is 12.4. The van der Waals surface area contributed by atoms with E-state index in [1.54, 1.807) is 0 Å². The van der Waals surface area contributed by atoms with Gasteiger partial charge in [0.05, 0.1) is 5.60 Å². The number of benzene rings is 1. The molecule has 1 aliphatic carbocycles. The molecule has 0 spiro atoms. The highest BCUT2D eigenvalue weighted by atomic mass is 16.3. The second kappa shape index (κ2) is 5.50. The summed E-state index contributed by atoms with van der Waals surface area (Å²) >= 11 is 0. The predicted octanol–water partition coefficient (Wildman–Crippen LogP) is 3.73. The third kappa shape index (κ3) is 2.98. The van der Waals surface area contributed by atoms with E-state index in [1.807, 2.05) is 12.1 Å². The van der Waals surface area contributed by atoms with Gasteiger partial charge in [-0.25, -0.2) is 0 Å². The smallest absolute Gasteiger partial charge is 0.0710 e. The minimum absolute atomic E-state index is 0.304. The minimum atomic E-state index is -0.476. The van der Waals surface area contributed by atoms with Crippen LogP contribution in [0.25, 0.3) is 0 Å². The van der Waals surface area contributed by atoms with Crippen LogP contribution < -0.4 is 0 Å². The Balaban J connectivity index is 1.84. The summed E-state index contributed by atoms with van der Waals surface area (Å²) in [6.07, 6.45) is 8.15. The van der Waals surface area contributed by atoms with Crippen molar-refractivity contribution >= 4 is 0 Å². The van der Waals surface area contributed by atoms with Crippen molar-refractivity contribution in [2.45, 2.75) is 44.1 Å². The quantitative estimate of drug-likeness (QED) is 0.764. The van der Waals surface area contributed by atoms with Gasteiger partial charge in [-0.1, -0.05) is 36.4 Å². The fourth-order valence-corrected chi connectivity index (χ4v) is 2.97. The zero-order chi connectivity index (χ0) is 12.1. The molecule has 1 nitrogen and oxygen atoms in total. The molecule has 0 amide bonds. The molecule has 0 heterocycles. The van der Waals surface area contributed by atoms with E-state index in [1.165, 1.54) is 5.56 Å². The SMILES string of the molecule is C=C[C@@H]1CCC[C@]1(O)CCCc1ccccc1. The highest BCUT2D eigenvalue weighted by molar-refractivity contribution is 5.14. The van der Waals surface area contributed by atoms with Gasteiger partial charge in [-0.05, 0) is 44.1 Å². The third-order valence-electron chi connectivity index (χ3n) is 4.02. The highest BCUT2D eigenvalue weighted by Crippen LogP contribution is 2.39. The molecule has 2 rings (SSSR count). The maximum atomic E-state index is 10.6. The average Bonchev–Trinajstić information content (AvgIpc) is 2.72. The molecule has 1 N–H and O–H groups in total. The maximum absolute atomic E-state index is 10.6. The van der Waals surface area contributed by atoms with Gasteiger partial charge < -0.3 is 5.11 Å². The number of hydrogen-bond acceptors (Lipinski definition) is 1. The van der Waals surface area contributed by atoms with E-state index in [0.29, 0.717) is 5.92 Å². The minimum Gasteiger partial charge on any atom is -0.389 e. The van der Waals surface area contributed by atoms with Gasteiger partial charge in [0.1, 0.15) is 0 Å². The molecule has 1 aromatic rings. The summed E-state index contributed by atoms with van der Waals surface area (Å²) in [6, 6.07) is 10.5. The standard InChI is InChI=1S/C16H22O/c1-2-15-11-7-13-16(15,17)12-6-10-14-8-4-3-5-9-14/h2-5,8-9,15,17H,1,6-7,10-13H2/t15-,16-/m1/s1. The fraction of sp³-hybridized carbons (Fsp3) is 0.500. The molecule has 0 unspecified atom stereocenters. The Morgan fingerprint density at radius 1 is 1.35 bits per heavy atom. The molecule has 0 saturated heterocycles. The molecular formula is C16H22O. The third-order valence-corrected chi connectivity index (χ3v) is 4.02. The summed E-state index contributed by atoms with van der Waals surface area (Å²) in [6.45, 7) is 3.84. The van der Waals surface area contributed by atoms with E-state index >= 15 is 0 Å². The van der Waals surface area contributed by atoms with Crippen LogP contribution in [0.1, 0.15) is 37.7 Å². The molecule has 1 saturated carbocycles. The number of hydrogen-bond donors (Lipinski definition) is 1. The maximum Gasteiger partial charge on any atom is 0.0710 e. The topological polar surface area (TPSA) is 20.2 Å². The fourth-order valence-electron chi connectivity index (χ4n) is 2.97. The zero-order valence-electron chi connectivity index (χ0n) is 10.4. The monoisotopic (exact) mass is 230 g/mol. The van der Waals surface area contributed by atoms with Crippen LogP contribution in [0.2, 0.25) is 0 Å². The van der Waals surface area contributed by atoms with Crippen LogP contribution in [0.3, 0.4) is 0 Å². The van der Waals surface area contributed by atoms with Crippen molar-refractivity contribution in [1.29, 1.82) is 0 Å². The van der Waals surface area contributed by atoms with Gasteiger partial charge >= 0.3 is 0 Å². The molecule has 1 aliphatic rings. The summed E-state index contributed by atoms with van der Waals surface area (Å²) in [5.41, 5.74) is 0.889. The molecular weight excluding hydrogens is 208 g/mol. The lowest BCUT2D eigenvalue weighted by atomic mass is 9.85. The van der Waals surface area contributed by atoms with Crippen LogP contribution in [0, 0.1) is 5.92 Å². The average molecular weight is 230 g/mol. The highest BCUT2D eigenvalue weighted by Gasteiger charge is 2.38. The van der Waals surface area contributed by atoms with Crippen molar-refractivity contribution in [3.63, 3.8) is 0 Å². The first-order chi connectivity index (χ1) is 8.24. The van der Waals surface area contributed by atoms with Crippen LogP contribution in [-0.4, -0.2) is 10.7 Å². The van der Waals surface area contributed by atoms with E-state index in [0.717, 1.165) is 38.5 Å². The Hall–Kier alpha value is -1.08. The van der Waals surface area contributed by atoms with Gasteiger partial charge in [-0.2, -0.15) is 0 Å². The lowest BCUT2D eigenvalue weighted by Crippen LogP contribution is -2.31. The summed E-state index contributed by atoms with van der Waals surface area (Å²) in [5, 5.41) is 10.6. The van der Waals surface area contributed by atoms with Gasteiger partial charge in [0.25, 0.3) is 0 Å². The summed E-state index contributed by atoms with van der Waals surface area (Å²) in [5.74, 6) is 0.304. The molecule has 2 atom stereocenters. The van der Waals surface area contributed by atoms with Gasteiger partial charge in [-0.15, -0.1) is 6.58 Å². The summed E-state index contributed by atoms with van der Waals surface area (Å²) in [7, 11) is 0. The molecule has 0 bridgehead atoms. The Morgan fingerprint density at radius 2 is 2.12 bits per heavy atom. The molecule has 0 aliphatic heterocycles. The predicted molar refractivity (Wildman–Crippen MR) is 71.9 cm³/mol. The number of aliphatic hydroxyl groups is 1. The van der Waals surface area contributed by atoms with E-state index in [-0.39, 0.29) is 0 Å². The van der Waals surface area contributed by atoms with Crippen LogP contribution in [0.5, 0.6) is 0 Å². The molecule has 0 aromatic heterocycles. The molecule has 1 fully saturated rings. The van der Waals surface area contributed by atoms with Gasteiger partial charge in [0.2, 0.25) is 0 Å². The molecule has 0 radical (unpaired) electrons. The van der Waals surface area contributed by atoms with E-state index < -0.39 is 5.60 Å². The zero-order valence-corrected chi connectivity index (χ0v) is 10.4. The molecule has 17 heavy (non-hydrogen) atoms. The van der Waals surface area contributed by atoms with E-state index in [4.69, 9.17) is 0 Å². The molecule has 92 valence electrons. The second-order valence-corrected chi connectivity index (χ2v) is 5.18. The van der Waals surface area contributed by atoms with Crippen LogP contribution in [0.15, 0.2) is 43.0 Å². The number of rotatable bonds is 5. The first-order valence-electron chi connectivity index (χ1n) is 6.63. The van der Waals surface area contributed by atoms with E-state index in [2.05, 4.69) is 30.8 Å². The van der Waals surface area contributed by atoms with Crippen LogP contribution in [-0.2, 0) is 6.42 Å². The lowest BCUT2D eigenvalue weighted by molar-refractivity contribution is 0.00926. The van der Waals surface area contributed by atoms with Gasteiger partial charge in [0.15, 0.2) is 0 Å². The first-order valence-corrected chi connectivity index (χ1v) is 6.63. The van der Waals surface area contributed by atoms with Crippen molar-refractivity contribution < 1.29 is 5.11 Å². The summed E-state index contributed by atoms with van der Waals surface area (Å²) in [4.78, 5) is 0.